The fraction of sp³-hybridized carbons (Fsp3) is 1.00. The van der Waals surface area contributed by atoms with E-state index in [2.05, 4.69) is 0 Å². The van der Waals surface area contributed by atoms with E-state index in [0.29, 0.717) is 18.8 Å². The third-order valence-electron chi connectivity index (χ3n) is 2.06. The van der Waals surface area contributed by atoms with Crippen LogP contribution < -0.4 is 5.73 Å². The van der Waals surface area contributed by atoms with Crippen LogP contribution in [0, 0.1) is 5.92 Å². The number of nitrogens with two attached hydrogens (primary N) is 1. The summed E-state index contributed by atoms with van der Waals surface area (Å²) in [6, 6.07) is 0. The molecule has 1 rings (SSSR count). The molecule has 1 aliphatic carbocycles. The van der Waals surface area contributed by atoms with E-state index in [-0.39, 0.29) is 0 Å². The molecule has 0 aromatic rings. The van der Waals surface area contributed by atoms with Crippen molar-refractivity contribution in [3.8, 4) is 0 Å². The Balaban J connectivity index is 2.38. The lowest BCUT2D eigenvalue weighted by Crippen LogP contribution is -2.53. The molecule has 11 heavy (non-hydrogen) atoms. The Kier molecular flexibility index (Phi) is 1.90. The Hall–Kier alpha value is -0.250. The number of alkyl halides is 3. The molecule has 1 aliphatic rings. The van der Waals surface area contributed by atoms with Crippen molar-refractivity contribution in [3.05, 3.63) is 0 Å². The molecule has 1 fully saturated rings. The fourth-order valence-corrected chi connectivity index (χ4v) is 1.87. The van der Waals surface area contributed by atoms with Crippen LogP contribution in [0.25, 0.3) is 0 Å². The average molecular weight is 167 g/mol. The lowest BCUT2D eigenvalue weighted by Gasteiger charge is -2.43. The summed E-state index contributed by atoms with van der Waals surface area (Å²) in [7, 11) is 0. The van der Waals surface area contributed by atoms with Crippen molar-refractivity contribution in [2.75, 3.05) is 0 Å². The molecule has 66 valence electrons. The summed E-state index contributed by atoms with van der Waals surface area (Å²) in [5.74, 6) is 0.363. The summed E-state index contributed by atoms with van der Waals surface area (Å²) in [6.45, 7) is 1.92. The molecule has 0 bridgehead atoms. The zero-order valence-corrected chi connectivity index (χ0v) is 6.41. The van der Waals surface area contributed by atoms with Gasteiger partial charge in [-0.05, 0) is 18.8 Å². The largest absolute Gasteiger partial charge is 0.390 e. The monoisotopic (exact) mass is 167 g/mol. The molecule has 0 atom stereocenters. The highest BCUT2D eigenvalue weighted by Crippen LogP contribution is 2.42. The zero-order valence-electron chi connectivity index (χ0n) is 6.41. The standard InChI is InChI=1S/C7H12F3N/c1-5-2-6(11,3-5)4-7(8,9)10/h5H,2-4,11H2,1H3. The van der Waals surface area contributed by atoms with Gasteiger partial charge in [0.25, 0.3) is 0 Å². The van der Waals surface area contributed by atoms with Gasteiger partial charge in [-0.15, -0.1) is 0 Å². The lowest BCUT2D eigenvalue weighted by atomic mass is 9.68. The van der Waals surface area contributed by atoms with Crippen molar-refractivity contribution < 1.29 is 13.2 Å². The molecule has 0 aromatic carbocycles. The van der Waals surface area contributed by atoms with Gasteiger partial charge in [0, 0.05) is 5.54 Å². The minimum atomic E-state index is -4.10. The van der Waals surface area contributed by atoms with Gasteiger partial charge in [-0.1, -0.05) is 6.92 Å². The highest BCUT2D eigenvalue weighted by Gasteiger charge is 2.46. The molecule has 0 heterocycles. The van der Waals surface area contributed by atoms with Crippen LogP contribution in [0.4, 0.5) is 13.2 Å². The molecular formula is C7H12F3N. The summed E-state index contributed by atoms with van der Waals surface area (Å²) < 4.78 is 35.5. The molecule has 1 nitrogen and oxygen atoms in total. The number of hydrogen-bond donors (Lipinski definition) is 1. The SMILES string of the molecule is CC1CC(N)(CC(F)(F)F)C1. The first-order valence-electron chi connectivity index (χ1n) is 3.66. The van der Waals surface area contributed by atoms with Gasteiger partial charge in [0.1, 0.15) is 0 Å². The first-order chi connectivity index (χ1) is 4.81. The summed E-state index contributed by atoms with van der Waals surface area (Å²) in [5, 5.41) is 0. The molecule has 0 amide bonds. The smallest absolute Gasteiger partial charge is 0.325 e. The highest BCUT2D eigenvalue weighted by molar-refractivity contribution is 4.97. The maximum atomic E-state index is 11.8. The first kappa shape index (κ1) is 8.84. The molecule has 2 N–H and O–H groups in total. The Morgan fingerprint density at radius 2 is 1.91 bits per heavy atom. The van der Waals surface area contributed by atoms with Crippen LogP contribution in [0.2, 0.25) is 0 Å². The van der Waals surface area contributed by atoms with E-state index in [4.69, 9.17) is 5.73 Å². The molecule has 0 saturated heterocycles. The van der Waals surface area contributed by atoms with Gasteiger partial charge in [0.05, 0.1) is 6.42 Å². The Morgan fingerprint density at radius 1 is 1.45 bits per heavy atom. The second-order valence-electron chi connectivity index (χ2n) is 3.67. The van der Waals surface area contributed by atoms with Crippen LogP contribution in [0.15, 0.2) is 0 Å². The molecular weight excluding hydrogens is 155 g/mol. The molecule has 4 heteroatoms. The number of halogens is 3. The highest BCUT2D eigenvalue weighted by atomic mass is 19.4. The van der Waals surface area contributed by atoms with E-state index in [0.717, 1.165) is 0 Å². The first-order valence-corrected chi connectivity index (χ1v) is 3.66. The summed E-state index contributed by atoms with van der Waals surface area (Å²) >= 11 is 0. The predicted molar refractivity (Wildman–Crippen MR) is 36.0 cm³/mol. The summed E-state index contributed by atoms with van der Waals surface area (Å²) in [5.41, 5.74) is 4.51. The number of hydrogen-bond acceptors (Lipinski definition) is 1. The average Bonchev–Trinajstić information content (AvgIpc) is 1.53. The Morgan fingerprint density at radius 3 is 2.18 bits per heavy atom. The van der Waals surface area contributed by atoms with Gasteiger partial charge in [-0.3, -0.25) is 0 Å². The van der Waals surface area contributed by atoms with Gasteiger partial charge in [0.2, 0.25) is 0 Å². The second-order valence-corrected chi connectivity index (χ2v) is 3.67. The molecule has 0 unspecified atom stereocenters. The topological polar surface area (TPSA) is 26.0 Å². The van der Waals surface area contributed by atoms with E-state index >= 15 is 0 Å². The summed E-state index contributed by atoms with van der Waals surface area (Å²) in [6.07, 6.45) is -3.92. The molecule has 0 spiro atoms. The van der Waals surface area contributed by atoms with Crippen molar-refractivity contribution in [2.45, 2.75) is 37.9 Å². The van der Waals surface area contributed by atoms with Gasteiger partial charge >= 0.3 is 6.18 Å². The number of rotatable bonds is 1. The van der Waals surface area contributed by atoms with E-state index < -0.39 is 18.1 Å². The van der Waals surface area contributed by atoms with E-state index in [1.165, 1.54) is 0 Å². The minimum Gasteiger partial charge on any atom is -0.325 e. The van der Waals surface area contributed by atoms with Crippen molar-refractivity contribution in [1.29, 1.82) is 0 Å². The summed E-state index contributed by atoms with van der Waals surface area (Å²) in [4.78, 5) is 0. The van der Waals surface area contributed by atoms with E-state index in [1.54, 1.807) is 0 Å². The zero-order chi connectivity index (χ0) is 8.70. The third kappa shape index (κ3) is 2.36. The van der Waals surface area contributed by atoms with Crippen LogP contribution >= 0.6 is 0 Å². The maximum absolute atomic E-state index is 11.8. The van der Waals surface area contributed by atoms with Crippen molar-refractivity contribution >= 4 is 0 Å². The van der Waals surface area contributed by atoms with E-state index in [1.807, 2.05) is 6.92 Å². The lowest BCUT2D eigenvalue weighted by molar-refractivity contribution is -0.157. The second kappa shape index (κ2) is 2.37. The van der Waals surface area contributed by atoms with Gasteiger partial charge in [0.15, 0.2) is 0 Å². The quantitative estimate of drug-likeness (QED) is 0.635. The van der Waals surface area contributed by atoms with Crippen molar-refractivity contribution in [1.82, 2.24) is 0 Å². The van der Waals surface area contributed by atoms with Gasteiger partial charge in [-0.2, -0.15) is 13.2 Å². The molecule has 1 saturated carbocycles. The van der Waals surface area contributed by atoms with Gasteiger partial charge < -0.3 is 5.73 Å². The van der Waals surface area contributed by atoms with E-state index in [9.17, 15) is 13.2 Å². The predicted octanol–water partition coefficient (Wildman–Crippen LogP) is 2.07. The third-order valence-corrected chi connectivity index (χ3v) is 2.06. The van der Waals surface area contributed by atoms with Crippen LogP contribution in [-0.4, -0.2) is 11.7 Å². The van der Waals surface area contributed by atoms with Gasteiger partial charge in [-0.25, -0.2) is 0 Å². The fourth-order valence-electron chi connectivity index (χ4n) is 1.87. The van der Waals surface area contributed by atoms with Crippen molar-refractivity contribution in [2.24, 2.45) is 11.7 Å². The van der Waals surface area contributed by atoms with Crippen LogP contribution in [0.5, 0.6) is 0 Å². The van der Waals surface area contributed by atoms with Crippen LogP contribution in [0.3, 0.4) is 0 Å². The molecule has 0 aromatic heterocycles. The molecule has 0 radical (unpaired) electrons. The van der Waals surface area contributed by atoms with Crippen LogP contribution in [0.1, 0.15) is 26.2 Å². The Bertz CT molecular complexity index is 146. The molecule has 0 aliphatic heterocycles. The maximum Gasteiger partial charge on any atom is 0.390 e. The Labute approximate surface area is 63.8 Å². The minimum absolute atomic E-state index is 0.363. The normalized spacial score (nSPS) is 38.5. The van der Waals surface area contributed by atoms with Crippen LogP contribution in [-0.2, 0) is 0 Å². The van der Waals surface area contributed by atoms with Crippen molar-refractivity contribution in [3.63, 3.8) is 0 Å².